The minimum absolute atomic E-state index is 0. The molecule has 17 heteroatoms. The summed E-state index contributed by atoms with van der Waals surface area (Å²) in [5, 5.41) is 26.7. The predicted octanol–water partition coefficient (Wildman–Crippen LogP) is 5.80. The summed E-state index contributed by atoms with van der Waals surface area (Å²) < 4.78 is 44.2. The number of nitrogens with one attached hydrogen (secondary N) is 1. The van der Waals surface area contributed by atoms with Crippen molar-refractivity contribution in [1.82, 2.24) is 5.32 Å². The molecule has 4 unspecified atom stereocenters. The minimum Gasteiger partial charge on any atom is -1.00 e. The highest BCUT2D eigenvalue weighted by atomic mass is 35.5. The van der Waals surface area contributed by atoms with Crippen LogP contribution in [0.2, 0.25) is 0 Å². The third-order valence-corrected chi connectivity index (χ3v) is 18.4. The van der Waals surface area contributed by atoms with Gasteiger partial charge in [0, 0.05) is 60.1 Å². The van der Waals surface area contributed by atoms with Crippen LogP contribution in [0.5, 0.6) is 5.75 Å². The number of esters is 1. The lowest BCUT2D eigenvalue weighted by Gasteiger charge is -2.59. The van der Waals surface area contributed by atoms with Crippen molar-refractivity contribution in [1.29, 1.82) is 0 Å². The molecule has 5 aliphatic carbocycles. The van der Waals surface area contributed by atoms with E-state index in [4.69, 9.17) is 23.5 Å². The van der Waals surface area contributed by atoms with Crippen molar-refractivity contribution in [2.24, 2.45) is 34.5 Å². The number of carbonyl (C=O) groups is 3. The number of halogens is 1. The van der Waals surface area contributed by atoms with Gasteiger partial charge in [-0.15, -0.1) is 0 Å². The number of allylic oxidation sites excluding steroid dienone is 4. The van der Waals surface area contributed by atoms with E-state index in [-0.39, 0.29) is 66.5 Å². The van der Waals surface area contributed by atoms with Crippen LogP contribution >= 0.6 is 7.82 Å². The first-order valence-corrected chi connectivity index (χ1v) is 29.8. The van der Waals surface area contributed by atoms with Gasteiger partial charge in [-0.2, -0.15) is 0 Å². The number of unbranched alkanes of at least 4 members (excludes halogenated alkanes) is 4. The molecule has 0 radical (unpaired) electrons. The number of aryl methyl sites for hydroxylation is 1. The third-order valence-electron chi connectivity index (χ3n) is 18.0. The van der Waals surface area contributed by atoms with Gasteiger partial charge in [-0.05, 0) is 137 Å². The lowest BCUT2D eigenvalue weighted by molar-refractivity contribution is -0.688. The maximum Gasteiger partial charge on any atom is 0.524 e. The summed E-state index contributed by atoms with van der Waals surface area (Å²) in [6, 6.07) is 18.7. The lowest BCUT2D eigenvalue weighted by atomic mass is 9.46. The Kier molecular flexibility index (Phi) is 20.3. The first kappa shape index (κ1) is 59.7. The molecular formula is C61H80ClN2O13P. The average molecular weight is 1120 g/mol. The number of hydrogen-bond acceptors (Lipinski definition) is 12. The van der Waals surface area contributed by atoms with E-state index in [0.29, 0.717) is 29.5 Å². The van der Waals surface area contributed by atoms with Crippen molar-refractivity contribution >= 4 is 31.4 Å². The van der Waals surface area contributed by atoms with E-state index in [1.807, 2.05) is 12.1 Å². The number of pyridine rings is 1. The fourth-order valence-electron chi connectivity index (χ4n) is 14.2. The van der Waals surface area contributed by atoms with E-state index in [1.165, 1.54) is 17.7 Å². The molecule has 0 bridgehead atoms. The Balaban J connectivity index is 0.00000803. The van der Waals surface area contributed by atoms with Gasteiger partial charge in [0.1, 0.15) is 5.75 Å². The van der Waals surface area contributed by atoms with Crippen molar-refractivity contribution in [2.45, 2.75) is 153 Å². The zero-order valence-electron chi connectivity index (χ0n) is 45.2. The summed E-state index contributed by atoms with van der Waals surface area (Å²) >= 11 is 0. The number of ether oxygens (including phenoxy) is 4. The second-order valence-corrected chi connectivity index (χ2v) is 24.2. The number of aliphatic hydroxyl groups is 2. The molecule has 2 heterocycles. The number of phosphoric acid groups is 1. The normalized spacial score (nSPS) is 28.9. The second-order valence-electron chi connectivity index (χ2n) is 23.0. The Labute approximate surface area is 465 Å². The molecule has 424 valence electrons. The molecule has 3 aromatic rings. The molecule has 78 heavy (non-hydrogen) atoms. The number of nitrogens with zero attached hydrogens (tertiary/aromatic N) is 1. The summed E-state index contributed by atoms with van der Waals surface area (Å²) in [7, 11) is -4.93. The summed E-state index contributed by atoms with van der Waals surface area (Å²) in [4.78, 5) is 60.4. The first-order valence-electron chi connectivity index (χ1n) is 28.3. The van der Waals surface area contributed by atoms with Crippen molar-refractivity contribution in [3.05, 3.63) is 125 Å². The van der Waals surface area contributed by atoms with Crippen molar-refractivity contribution < 1.29 is 79.4 Å². The van der Waals surface area contributed by atoms with Crippen LogP contribution < -0.4 is 26.8 Å². The monoisotopic (exact) mass is 1110 g/mol. The number of phosphoric ester groups is 1. The number of aliphatic hydroxyl groups excluding tert-OH is 2. The van der Waals surface area contributed by atoms with Gasteiger partial charge >= 0.3 is 13.8 Å². The fourth-order valence-corrected chi connectivity index (χ4v) is 14.6. The Morgan fingerprint density at radius 3 is 2.51 bits per heavy atom. The number of aromatic nitrogens is 1. The number of hydrogen-bond donors (Lipinski definition) is 5. The van der Waals surface area contributed by atoms with Crippen molar-refractivity contribution in [2.75, 3.05) is 32.9 Å². The van der Waals surface area contributed by atoms with Crippen LogP contribution in [0, 0.1) is 34.5 Å². The molecule has 15 nitrogen and oxygen atoms in total. The number of benzene rings is 2. The van der Waals surface area contributed by atoms with Crippen LogP contribution in [0.3, 0.4) is 0 Å². The van der Waals surface area contributed by atoms with Gasteiger partial charge < -0.3 is 51.4 Å². The Bertz CT molecular complexity index is 2690. The first-order chi connectivity index (χ1) is 37.1. The molecule has 1 aromatic heterocycles. The zero-order valence-corrected chi connectivity index (χ0v) is 46.9. The van der Waals surface area contributed by atoms with Crippen molar-refractivity contribution in [3.8, 4) is 5.75 Å². The SMILES string of the molecule is C[C@]12C=CC(=O)C=C1CCC1C2[C@@H](O)C[C@@]2(C)C1C[C@H]1O[C@@H](C3CCCCC3)O[C@]12C(=O)COC(=O)/C=C/c1ccc[n+](Cc2cc(C(O)CNCCCCCCOCCCCc3ccccc3)ccc2OP(=O)(O)O)c1.[Cl-]. The van der Waals surface area contributed by atoms with Crippen LogP contribution in [0.4, 0.5) is 0 Å². The Morgan fingerprint density at radius 2 is 1.73 bits per heavy atom. The number of rotatable bonds is 25. The highest BCUT2D eigenvalue weighted by Crippen LogP contribution is 2.70. The third kappa shape index (κ3) is 13.7. The van der Waals surface area contributed by atoms with Gasteiger partial charge in [0.2, 0.25) is 5.78 Å². The van der Waals surface area contributed by atoms with Gasteiger partial charge in [-0.3, -0.25) is 19.4 Å². The summed E-state index contributed by atoms with van der Waals surface area (Å²) in [5.74, 6) is -1.13. The van der Waals surface area contributed by atoms with Crippen LogP contribution in [0.15, 0.2) is 103 Å². The van der Waals surface area contributed by atoms with Crippen LogP contribution in [-0.2, 0) is 50.9 Å². The van der Waals surface area contributed by atoms with E-state index in [2.05, 4.69) is 43.4 Å². The van der Waals surface area contributed by atoms with E-state index in [1.54, 1.807) is 59.5 Å². The molecular weight excluding hydrogens is 1040 g/mol. The van der Waals surface area contributed by atoms with E-state index >= 15 is 0 Å². The summed E-state index contributed by atoms with van der Waals surface area (Å²) in [6.45, 7) is 6.31. The van der Waals surface area contributed by atoms with E-state index in [0.717, 1.165) is 115 Å². The van der Waals surface area contributed by atoms with Gasteiger partial charge in [0.25, 0.3) is 0 Å². The molecule has 6 aliphatic rings. The second kappa shape index (κ2) is 26.5. The molecule has 10 atom stereocenters. The topological polar surface area (TPSA) is 211 Å². The summed E-state index contributed by atoms with van der Waals surface area (Å²) in [5.41, 5.74) is 1.26. The molecule has 0 amide bonds. The fraction of sp³-hybridized carbons (Fsp3) is 0.574. The number of Topliss-reactive ketones (excluding diaryl/α,β-unsaturated/α-hetero) is 1. The van der Waals surface area contributed by atoms with Gasteiger partial charge in [0.05, 0.1) is 23.9 Å². The smallest absolute Gasteiger partial charge is 0.524 e. The molecule has 5 N–H and O–H groups in total. The number of carbonyl (C=O) groups excluding carboxylic acids is 3. The van der Waals surface area contributed by atoms with Crippen molar-refractivity contribution in [3.63, 3.8) is 0 Å². The summed E-state index contributed by atoms with van der Waals surface area (Å²) in [6.07, 6.45) is 23.7. The Morgan fingerprint density at radius 1 is 0.962 bits per heavy atom. The van der Waals surface area contributed by atoms with Crippen LogP contribution in [-0.4, -0.2) is 94.5 Å². The number of fused-ring (bicyclic) bond motifs is 7. The molecule has 1 aliphatic heterocycles. The standard InChI is InChI=1S/C61H79N2O13P.ClH/c1-59-29-28-48(64)35-47(59)24-25-49-50-36-55-61(60(50,2)37-51(65)57(49)59,75-58(74-55)44-20-9-6-10-21-44)54(67)41-73-56(68)27-22-43-19-15-31-63(39-43)40-46-34-45(23-26-53(46)76-77(69,70)71)52(66)38-62-30-12-3-4-13-32-72-33-14-11-18-42-16-7-5-8-17-42;/h5,7-8,15-17,19,22-23,26-29,31,34-35,39,44,49-52,55,57-58,62,65-66H,3-4,6,9-14,18,20-21,24-25,30,32-33,36-38,40-41H2,1-2H3,(H-,69,70,71);1H/b27-22+;/t49?,50?,51-,52?,55+,57?,58+,59-,60-,61+;/m0./s1. The van der Waals surface area contributed by atoms with Gasteiger partial charge in [-0.25, -0.2) is 13.9 Å². The predicted molar refractivity (Wildman–Crippen MR) is 289 cm³/mol. The maximum absolute atomic E-state index is 15.0. The van der Waals surface area contributed by atoms with Crippen LogP contribution in [0.1, 0.15) is 139 Å². The molecule has 9 rings (SSSR count). The lowest BCUT2D eigenvalue weighted by Crippen LogP contribution is -3.00. The van der Waals surface area contributed by atoms with E-state index < -0.39 is 61.4 Å². The highest BCUT2D eigenvalue weighted by molar-refractivity contribution is 7.46. The van der Waals surface area contributed by atoms with Gasteiger partial charge in [-0.1, -0.05) is 94.0 Å². The molecule has 1 saturated heterocycles. The molecule has 0 spiro atoms. The average Bonchev–Trinajstić information content (AvgIpc) is 4.09. The highest BCUT2D eigenvalue weighted by Gasteiger charge is 2.76. The molecule has 2 aromatic carbocycles. The number of ketones is 2. The zero-order chi connectivity index (χ0) is 54.2. The van der Waals surface area contributed by atoms with E-state index in [9.17, 15) is 38.9 Å². The molecule has 4 saturated carbocycles. The van der Waals surface area contributed by atoms with Gasteiger partial charge in [0.15, 0.2) is 43.2 Å². The Hall–Kier alpha value is -4.38. The largest absolute Gasteiger partial charge is 1.00 e. The maximum atomic E-state index is 15.0. The minimum atomic E-state index is -4.93. The molecule has 5 fully saturated rings. The van der Waals surface area contributed by atoms with Crippen LogP contribution in [0.25, 0.3) is 6.08 Å². The quantitative estimate of drug-likeness (QED) is 0.0224.